The van der Waals surface area contributed by atoms with Crippen molar-refractivity contribution in [3.8, 4) is 0 Å². The van der Waals surface area contributed by atoms with Gasteiger partial charge in [0.25, 0.3) is 0 Å². The number of carbonyl (C=O) groups is 2. The third-order valence-electron chi connectivity index (χ3n) is 3.11. The summed E-state index contributed by atoms with van der Waals surface area (Å²) in [7, 11) is 1.35. The number of ether oxygens (including phenoxy) is 1. The summed E-state index contributed by atoms with van der Waals surface area (Å²) in [6.45, 7) is 1.06. The Bertz CT molecular complexity index is 433. The number of amides is 1. The lowest BCUT2D eigenvalue weighted by molar-refractivity contribution is -0.145. The molecule has 0 saturated carbocycles. The summed E-state index contributed by atoms with van der Waals surface area (Å²) in [5, 5.41) is 0. The van der Waals surface area contributed by atoms with Gasteiger partial charge >= 0.3 is 5.97 Å². The van der Waals surface area contributed by atoms with E-state index in [2.05, 4.69) is 9.72 Å². The van der Waals surface area contributed by atoms with Gasteiger partial charge in [-0.15, -0.1) is 0 Å². The molecular formula is C13H16N2O3. The van der Waals surface area contributed by atoms with E-state index in [0.29, 0.717) is 19.5 Å². The lowest BCUT2D eigenvalue weighted by atomic mass is 10.1. The number of rotatable bonds is 4. The highest BCUT2D eigenvalue weighted by atomic mass is 16.5. The van der Waals surface area contributed by atoms with E-state index >= 15 is 0 Å². The van der Waals surface area contributed by atoms with Crippen LogP contribution in [-0.2, 0) is 20.7 Å². The van der Waals surface area contributed by atoms with Crippen LogP contribution in [0.25, 0.3) is 0 Å². The molecule has 2 rings (SSSR count). The van der Waals surface area contributed by atoms with Crippen LogP contribution in [0.4, 0.5) is 0 Å². The predicted octanol–water partition coefficient (Wildman–Crippen LogP) is 0.646. The number of carbonyl (C=O) groups excluding carboxylic acids is 2. The highest BCUT2D eigenvalue weighted by molar-refractivity contribution is 5.86. The maximum absolute atomic E-state index is 11.7. The number of nitrogens with zero attached hydrogens (tertiary/aromatic N) is 2. The SMILES string of the molecule is COC(=O)C1CC(=O)N(CCc2ccccn2)C1. The minimum absolute atomic E-state index is 0.0151. The molecule has 1 aliphatic heterocycles. The van der Waals surface area contributed by atoms with Crippen LogP contribution < -0.4 is 0 Å². The first-order valence-electron chi connectivity index (χ1n) is 5.96. The first-order chi connectivity index (χ1) is 8.70. The summed E-state index contributed by atoms with van der Waals surface area (Å²) in [5.74, 6) is -0.601. The van der Waals surface area contributed by atoms with Crippen molar-refractivity contribution in [2.24, 2.45) is 5.92 Å². The van der Waals surface area contributed by atoms with Gasteiger partial charge in [-0.3, -0.25) is 14.6 Å². The summed E-state index contributed by atoms with van der Waals surface area (Å²) in [6.07, 6.45) is 2.70. The van der Waals surface area contributed by atoms with Crippen molar-refractivity contribution in [3.63, 3.8) is 0 Å². The fourth-order valence-corrected chi connectivity index (χ4v) is 2.11. The molecule has 1 aromatic heterocycles. The van der Waals surface area contributed by atoms with Gasteiger partial charge < -0.3 is 9.64 Å². The molecule has 1 amide bonds. The largest absolute Gasteiger partial charge is 0.469 e. The van der Waals surface area contributed by atoms with Gasteiger partial charge in [-0.1, -0.05) is 6.07 Å². The number of aromatic nitrogens is 1. The third kappa shape index (κ3) is 2.85. The number of likely N-dealkylation sites (tertiary alicyclic amines) is 1. The minimum atomic E-state index is -0.314. The van der Waals surface area contributed by atoms with Crippen molar-refractivity contribution in [1.29, 1.82) is 0 Å². The van der Waals surface area contributed by atoms with E-state index in [1.54, 1.807) is 11.1 Å². The van der Waals surface area contributed by atoms with Gasteiger partial charge in [0.1, 0.15) is 0 Å². The molecule has 1 unspecified atom stereocenters. The molecule has 1 atom stereocenters. The summed E-state index contributed by atoms with van der Waals surface area (Å²) in [4.78, 5) is 29.0. The average molecular weight is 248 g/mol. The van der Waals surface area contributed by atoms with Crippen LogP contribution in [0.3, 0.4) is 0 Å². The molecule has 1 fully saturated rings. The molecule has 5 nitrogen and oxygen atoms in total. The standard InChI is InChI=1S/C13H16N2O3/c1-18-13(17)10-8-12(16)15(9-10)7-5-11-4-2-3-6-14-11/h2-4,6,10H,5,7-9H2,1H3. The molecule has 0 aliphatic carbocycles. The Morgan fingerprint density at radius 1 is 1.56 bits per heavy atom. The maximum Gasteiger partial charge on any atom is 0.310 e. The maximum atomic E-state index is 11.7. The molecule has 2 heterocycles. The third-order valence-corrected chi connectivity index (χ3v) is 3.11. The second-order valence-corrected chi connectivity index (χ2v) is 4.34. The minimum Gasteiger partial charge on any atom is -0.469 e. The molecule has 1 saturated heterocycles. The molecule has 18 heavy (non-hydrogen) atoms. The predicted molar refractivity (Wildman–Crippen MR) is 64.6 cm³/mol. The normalized spacial score (nSPS) is 19.1. The molecule has 1 aliphatic rings. The lowest BCUT2D eigenvalue weighted by Gasteiger charge is -2.15. The smallest absolute Gasteiger partial charge is 0.310 e. The Balaban J connectivity index is 1.87. The van der Waals surface area contributed by atoms with Crippen molar-refractivity contribution in [2.45, 2.75) is 12.8 Å². The van der Waals surface area contributed by atoms with Crippen LogP contribution in [-0.4, -0.2) is 42.0 Å². The molecule has 1 aromatic rings. The van der Waals surface area contributed by atoms with Gasteiger partial charge in [-0.2, -0.15) is 0 Å². The average Bonchev–Trinajstić information content (AvgIpc) is 2.78. The highest BCUT2D eigenvalue weighted by Gasteiger charge is 2.34. The molecule has 0 bridgehead atoms. The second-order valence-electron chi connectivity index (χ2n) is 4.34. The van der Waals surface area contributed by atoms with E-state index in [4.69, 9.17) is 0 Å². The van der Waals surface area contributed by atoms with Crippen molar-refractivity contribution < 1.29 is 14.3 Å². The first kappa shape index (κ1) is 12.5. The van der Waals surface area contributed by atoms with Crippen LogP contribution in [0.5, 0.6) is 0 Å². The van der Waals surface area contributed by atoms with Gasteiger partial charge in [-0.25, -0.2) is 0 Å². The van der Waals surface area contributed by atoms with Crippen LogP contribution >= 0.6 is 0 Å². The molecule has 0 aromatic carbocycles. The van der Waals surface area contributed by atoms with Gasteiger partial charge in [0.05, 0.1) is 13.0 Å². The Kier molecular flexibility index (Phi) is 3.92. The highest BCUT2D eigenvalue weighted by Crippen LogP contribution is 2.19. The number of methoxy groups -OCH3 is 1. The van der Waals surface area contributed by atoms with E-state index in [1.807, 2.05) is 18.2 Å². The number of hydrogen-bond acceptors (Lipinski definition) is 4. The van der Waals surface area contributed by atoms with Crippen LogP contribution in [0.15, 0.2) is 24.4 Å². The number of pyridine rings is 1. The Hall–Kier alpha value is -1.91. The van der Waals surface area contributed by atoms with E-state index < -0.39 is 0 Å². The lowest BCUT2D eigenvalue weighted by Crippen LogP contribution is -2.28. The summed E-state index contributed by atoms with van der Waals surface area (Å²) in [6, 6.07) is 5.71. The Morgan fingerprint density at radius 2 is 2.39 bits per heavy atom. The van der Waals surface area contributed by atoms with Gasteiger partial charge in [0, 0.05) is 37.8 Å². The van der Waals surface area contributed by atoms with Gasteiger partial charge in [0.15, 0.2) is 0 Å². The monoisotopic (exact) mass is 248 g/mol. The molecule has 96 valence electrons. The zero-order chi connectivity index (χ0) is 13.0. The van der Waals surface area contributed by atoms with Gasteiger partial charge in [0.2, 0.25) is 5.91 Å². The topological polar surface area (TPSA) is 59.5 Å². The first-order valence-corrected chi connectivity index (χ1v) is 5.96. The Morgan fingerprint density at radius 3 is 3.06 bits per heavy atom. The van der Waals surface area contributed by atoms with Crippen LogP contribution in [0, 0.1) is 5.92 Å². The zero-order valence-corrected chi connectivity index (χ0v) is 10.3. The summed E-state index contributed by atoms with van der Waals surface area (Å²) < 4.78 is 4.66. The second kappa shape index (κ2) is 5.62. The fraction of sp³-hybridized carbons (Fsp3) is 0.462. The number of hydrogen-bond donors (Lipinski definition) is 0. The fourth-order valence-electron chi connectivity index (χ4n) is 2.11. The molecule has 0 radical (unpaired) electrons. The Labute approximate surface area is 106 Å². The molecule has 0 N–H and O–H groups in total. The molecular weight excluding hydrogens is 232 g/mol. The number of esters is 1. The van der Waals surface area contributed by atoms with Crippen molar-refractivity contribution in [1.82, 2.24) is 9.88 Å². The van der Waals surface area contributed by atoms with E-state index in [-0.39, 0.29) is 24.2 Å². The van der Waals surface area contributed by atoms with Crippen molar-refractivity contribution in [2.75, 3.05) is 20.2 Å². The zero-order valence-electron chi connectivity index (χ0n) is 10.3. The summed E-state index contributed by atoms with van der Waals surface area (Å²) >= 11 is 0. The van der Waals surface area contributed by atoms with Gasteiger partial charge in [-0.05, 0) is 12.1 Å². The quantitative estimate of drug-likeness (QED) is 0.734. The van der Waals surface area contributed by atoms with E-state index in [9.17, 15) is 9.59 Å². The van der Waals surface area contributed by atoms with Crippen LogP contribution in [0.2, 0.25) is 0 Å². The van der Waals surface area contributed by atoms with Crippen LogP contribution in [0.1, 0.15) is 12.1 Å². The summed E-state index contributed by atoms with van der Waals surface area (Å²) in [5.41, 5.74) is 0.951. The van der Waals surface area contributed by atoms with E-state index in [1.165, 1.54) is 7.11 Å². The molecule has 0 spiro atoms. The van der Waals surface area contributed by atoms with Crippen molar-refractivity contribution >= 4 is 11.9 Å². The van der Waals surface area contributed by atoms with E-state index in [0.717, 1.165) is 5.69 Å². The molecule has 5 heteroatoms. The van der Waals surface area contributed by atoms with Crippen molar-refractivity contribution in [3.05, 3.63) is 30.1 Å².